The second-order valence-corrected chi connectivity index (χ2v) is 6.79. The van der Waals surface area contributed by atoms with Gasteiger partial charge in [0.05, 0.1) is 33.4 Å². The first-order valence-corrected chi connectivity index (χ1v) is 9.16. The maximum absolute atomic E-state index is 12.4. The number of nitrogens with one attached hydrogen (secondary N) is 1. The molecule has 0 fully saturated rings. The first kappa shape index (κ1) is 19.0. The highest BCUT2D eigenvalue weighted by atomic mass is 79.9. The van der Waals surface area contributed by atoms with Crippen LogP contribution < -0.4 is 14.8 Å². The molecule has 0 saturated carbocycles. The molecule has 0 radical (unpaired) electrons. The molecule has 140 valence electrons. The van der Waals surface area contributed by atoms with E-state index in [1.807, 2.05) is 42.5 Å². The molecule has 0 spiro atoms. The molecular formula is C20H20BrN3O3. The van der Waals surface area contributed by atoms with Gasteiger partial charge in [-0.25, -0.2) is 4.68 Å². The number of carbonyl (C=O) groups is 1. The molecule has 0 bridgehead atoms. The van der Waals surface area contributed by atoms with Gasteiger partial charge in [-0.05, 0) is 23.8 Å². The third kappa shape index (κ3) is 4.68. The number of carbonyl (C=O) groups excluding carboxylic acids is 1. The number of hydrogen-bond donors (Lipinski definition) is 1. The van der Waals surface area contributed by atoms with Crippen LogP contribution in [0.4, 0.5) is 5.82 Å². The number of benzene rings is 2. The van der Waals surface area contributed by atoms with Crippen molar-refractivity contribution in [3.63, 3.8) is 0 Å². The zero-order valence-electron chi connectivity index (χ0n) is 15.1. The minimum atomic E-state index is -0.100. The molecule has 0 aliphatic carbocycles. The molecule has 1 N–H and O–H groups in total. The molecule has 7 heteroatoms. The van der Waals surface area contributed by atoms with E-state index in [1.165, 1.54) is 0 Å². The van der Waals surface area contributed by atoms with Crippen LogP contribution in [0.1, 0.15) is 11.1 Å². The quantitative estimate of drug-likeness (QED) is 0.618. The Morgan fingerprint density at radius 1 is 1.11 bits per heavy atom. The Kier molecular flexibility index (Phi) is 6.13. The van der Waals surface area contributed by atoms with Crippen LogP contribution in [0.25, 0.3) is 0 Å². The SMILES string of the molecule is COc1cccc(Cn2nccc2NC(=O)Cc2ccc(Br)cc2)c1OC. The number of rotatable bonds is 7. The van der Waals surface area contributed by atoms with Gasteiger partial charge in [0.25, 0.3) is 0 Å². The lowest BCUT2D eigenvalue weighted by Crippen LogP contribution is -2.18. The fourth-order valence-corrected chi connectivity index (χ4v) is 3.04. The summed E-state index contributed by atoms with van der Waals surface area (Å²) in [7, 11) is 3.20. The van der Waals surface area contributed by atoms with E-state index in [4.69, 9.17) is 9.47 Å². The Bertz CT molecular complexity index is 922. The van der Waals surface area contributed by atoms with Crippen molar-refractivity contribution in [1.82, 2.24) is 9.78 Å². The van der Waals surface area contributed by atoms with Crippen molar-refractivity contribution in [1.29, 1.82) is 0 Å². The number of amides is 1. The van der Waals surface area contributed by atoms with Crippen LogP contribution in [0.15, 0.2) is 59.2 Å². The molecule has 0 unspecified atom stereocenters. The van der Waals surface area contributed by atoms with E-state index in [0.717, 1.165) is 15.6 Å². The number of para-hydroxylation sites is 1. The summed E-state index contributed by atoms with van der Waals surface area (Å²) < 4.78 is 13.5. The number of ether oxygens (including phenoxy) is 2. The highest BCUT2D eigenvalue weighted by Gasteiger charge is 2.13. The van der Waals surface area contributed by atoms with Crippen LogP contribution >= 0.6 is 15.9 Å². The Labute approximate surface area is 166 Å². The molecule has 0 saturated heterocycles. The van der Waals surface area contributed by atoms with Gasteiger partial charge in [0.2, 0.25) is 5.91 Å². The number of halogens is 1. The zero-order chi connectivity index (χ0) is 19.2. The molecule has 6 nitrogen and oxygen atoms in total. The summed E-state index contributed by atoms with van der Waals surface area (Å²) in [6, 6.07) is 15.1. The first-order chi connectivity index (χ1) is 13.1. The maximum Gasteiger partial charge on any atom is 0.229 e. The molecule has 3 aromatic rings. The molecule has 1 aromatic heterocycles. The molecule has 0 atom stereocenters. The first-order valence-electron chi connectivity index (χ1n) is 8.36. The second kappa shape index (κ2) is 8.73. The van der Waals surface area contributed by atoms with E-state index in [9.17, 15) is 4.79 Å². The Balaban J connectivity index is 1.73. The number of aromatic nitrogens is 2. The van der Waals surface area contributed by atoms with Crippen molar-refractivity contribution >= 4 is 27.7 Å². The molecular weight excluding hydrogens is 410 g/mol. The van der Waals surface area contributed by atoms with E-state index < -0.39 is 0 Å². The average molecular weight is 430 g/mol. The van der Waals surface area contributed by atoms with Gasteiger partial charge in [-0.15, -0.1) is 0 Å². The van der Waals surface area contributed by atoms with Gasteiger partial charge in [0.1, 0.15) is 5.82 Å². The molecule has 1 heterocycles. The summed E-state index contributed by atoms with van der Waals surface area (Å²) in [6.07, 6.45) is 1.95. The van der Waals surface area contributed by atoms with Crippen molar-refractivity contribution in [2.45, 2.75) is 13.0 Å². The highest BCUT2D eigenvalue weighted by Crippen LogP contribution is 2.31. The predicted octanol–water partition coefficient (Wildman–Crippen LogP) is 3.89. The van der Waals surface area contributed by atoms with E-state index in [2.05, 4.69) is 26.3 Å². The Morgan fingerprint density at radius 2 is 1.89 bits per heavy atom. The Hall–Kier alpha value is -2.80. The molecule has 1 amide bonds. The van der Waals surface area contributed by atoms with Gasteiger partial charge >= 0.3 is 0 Å². The maximum atomic E-state index is 12.4. The zero-order valence-corrected chi connectivity index (χ0v) is 16.7. The minimum Gasteiger partial charge on any atom is -0.493 e. The van der Waals surface area contributed by atoms with Gasteiger partial charge in [-0.2, -0.15) is 5.10 Å². The van der Waals surface area contributed by atoms with Crippen molar-refractivity contribution in [2.75, 3.05) is 19.5 Å². The van der Waals surface area contributed by atoms with Crippen LogP contribution in [0.5, 0.6) is 11.5 Å². The van der Waals surface area contributed by atoms with E-state index >= 15 is 0 Å². The van der Waals surface area contributed by atoms with Gasteiger partial charge in [0, 0.05) is 16.1 Å². The van der Waals surface area contributed by atoms with E-state index in [0.29, 0.717) is 30.3 Å². The van der Waals surface area contributed by atoms with Gasteiger partial charge in [0.15, 0.2) is 11.5 Å². The molecule has 3 rings (SSSR count). The van der Waals surface area contributed by atoms with Crippen LogP contribution in [0, 0.1) is 0 Å². The molecule has 2 aromatic carbocycles. The fraction of sp³-hybridized carbons (Fsp3) is 0.200. The summed E-state index contributed by atoms with van der Waals surface area (Å²) in [5.74, 6) is 1.84. The smallest absolute Gasteiger partial charge is 0.229 e. The number of anilines is 1. The van der Waals surface area contributed by atoms with E-state index in [1.54, 1.807) is 31.2 Å². The van der Waals surface area contributed by atoms with Crippen molar-refractivity contribution < 1.29 is 14.3 Å². The Morgan fingerprint density at radius 3 is 2.59 bits per heavy atom. The van der Waals surface area contributed by atoms with Gasteiger partial charge < -0.3 is 14.8 Å². The fourth-order valence-electron chi connectivity index (χ4n) is 2.78. The number of hydrogen-bond acceptors (Lipinski definition) is 4. The lowest BCUT2D eigenvalue weighted by atomic mass is 10.1. The number of methoxy groups -OCH3 is 2. The lowest BCUT2D eigenvalue weighted by molar-refractivity contribution is -0.115. The monoisotopic (exact) mass is 429 g/mol. The molecule has 27 heavy (non-hydrogen) atoms. The molecule has 0 aliphatic rings. The largest absolute Gasteiger partial charge is 0.493 e. The van der Waals surface area contributed by atoms with Gasteiger partial charge in [-0.1, -0.05) is 40.2 Å². The summed E-state index contributed by atoms with van der Waals surface area (Å²) in [4.78, 5) is 12.4. The third-order valence-electron chi connectivity index (χ3n) is 4.07. The van der Waals surface area contributed by atoms with Crippen LogP contribution in [-0.2, 0) is 17.8 Å². The van der Waals surface area contributed by atoms with Gasteiger partial charge in [-0.3, -0.25) is 4.79 Å². The average Bonchev–Trinajstić information content (AvgIpc) is 3.09. The van der Waals surface area contributed by atoms with Crippen LogP contribution in [0.2, 0.25) is 0 Å². The highest BCUT2D eigenvalue weighted by molar-refractivity contribution is 9.10. The molecule has 0 aliphatic heterocycles. The van der Waals surface area contributed by atoms with Crippen LogP contribution in [0.3, 0.4) is 0 Å². The van der Waals surface area contributed by atoms with Crippen molar-refractivity contribution in [3.05, 3.63) is 70.3 Å². The topological polar surface area (TPSA) is 65.4 Å². The summed E-state index contributed by atoms with van der Waals surface area (Å²) in [5, 5.41) is 7.23. The van der Waals surface area contributed by atoms with Crippen molar-refractivity contribution in [3.8, 4) is 11.5 Å². The van der Waals surface area contributed by atoms with Crippen LogP contribution in [-0.4, -0.2) is 29.9 Å². The van der Waals surface area contributed by atoms with E-state index in [-0.39, 0.29) is 5.91 Å². The van der Waals surface area contributed by atoms with Crippen molar-refractivity contribution in [2.24, 2.45) is 0 Å². The normalized spacial score (nSPS) is 10.5. The third-order valence-corrected chi connectivity index (χ3v) is 4.60. The standard InChI is InChI=1S/C20H20BrN3O3/c1-26-17-5-3-4-15(20(17)27-2)13-24-18(10-11-22-24)23-19(25)12-14-6-8-16(21)9-7-14/h3-11H,12-13H2,1-2H3,(H,23,25). The second-order valence-electron chi connectivity index (χ2n) is 5.88. The minimum absolute atomic E-state index is 0.100. The predicted molar refractivity (Wildman–Crippen MR) is 107 cm³/mol. The lowest BCUT2D eigenvalue weighted by Gasteiger charge is -2.14. The summed E-state index contributed by atoms with van der Waals surface area (Å²) >= 11 is 3.39. The number of nitrogens with zero attached hydrogens (tertiary/aromatic N) is 2. The summed E-state index contributed by atoms with van der Waals surface area (Å²) in [5.41, 5.74) is 1.85. The summed E-state index contributed by atoms with van der Waals surface area (Å²) in [6.45, 7) is 0.446.